The van der Waals surface area contributed by atoms with Crippen LogP contribution in [-0.2, 0) is 14.2 Å². The van der Waals surface area contributed by atoms with Crippen LogP contribution in [0.25, 0.3) is 0 Å². The van der Waals surface area contributed by atoms with Crippen molar-refractivity contribution in [3.8, 4) is 0 Å². The van der Waals surface area contributed by atoms with E-state index in [1.807, 2.05) is 0 Å². The maximum Gasteiger partial charge on any atom is 0.378 e. The van der Waals surface area contributed by atoms with Crippen LogP contribution < -0.4 is 0 Å². The molecule has 1 amide bonds. The van der Waals surface area contributed by atoms with E-state index in [4.69, 9.17) is 14.6 Å². The topological polar surface area (TPSA) is 46.6 Å². The van der Waals surface area contributed by atoms with Gasteiger partial charge < -0.3 is 14.3 Å². The Morgan fingerprint density at radius 1 is 1.57 bits per heavy atom. The number of nitrogens with zero attached hydrogens (tertiary/aromatic N) is 1. The van der Waals surface area contributed by atoms with Crippen molar-refractivity contribution >= 4 is 19.9 Å². The van der Waals surface area contributed by atoms with E-state index in [1.54, 1.807) is 0 Å². The summed E-state index contributed by atoms with van der Waals surface area (Å²) in [5.74, 6) is -0.958. The Morgan fingerprint density at radius 3 is 2.71 bits per heavy atom. The van der Waals surface area contributed by atoms with Gasteiger partial charge in [0, 0.05) is 37.7 Å². The molecule has 1 rings (SSSR count). The molecule has 1 fully saturated rings. The van der Waals surface area contributed by atoms with E-state index in [-0.39, 0.29) is 37.0 Å². The van der Waals surface area contributed by atoms with Crippen LogP contribution >= 0.6 is 0 Å². The fourth-order valence-corrected chi connectivity index (χ4v) is 1.45. The summed E-state index contributed by atoms with van der Waals surface area (Å²) in [6, 6.07) is -0.572. The molecule has 0 aromatic carbocycles. The Kier molecular flexibility index (Phi) is 6.22. The van der Waals surface area contributed by atoms with E-state index < -0.39 is 12.0 Å². The SMILES string of the molecule is [B]OC(=O)[C@@H]1CCCN1C(=O)C=[CH-].[U]. The summed E-state index contributed by atoms with van der Waals surface area (Å²) in [5, 5.41) is 0. The first-order valence-electron chi connectivity index (χ1n) is 3.97. The van der Waals surface area contributed by atoms with Crippen LogP contribution in [0.4, 0.5) is 0 Å². The van der Waals surface area contributed by atoms with Crippen molar-refractivity contribution in [3.63, 3.8) is 0 Å². The second kappa shape index (κ2) is 6.31. The van der Waals surface area contributed by atoms with Gasteiger partial charge in [0.2, 0.25) is 0 Å². The molecule has 14 heavy (non-hydrogen) atoms. The number of carbonyl (C=O) groups is 2. The molecule has 4 nitrogen and oxygen atoms in total. The third-order valence-electron chi connectivity index (χ3n) is 2.07. The van der Waals surface area contributed by atoms with Crippen molar-refractivity contribution in [2.24, 2.45) is 0 Å². The average molecular weight is 416 g/mol. The maximum atomic E-state index is 11.1. The van der Waals surface area contributed by atoms with E-state index >= 15 is 0 Å². The zero-order valence-electron chi connectivity index (χ0n) is 7.60. The van der Waals surface area contributed by atoms with Gasteiger partial charge in [-0.05, 0) is 12.8 Å². The van der Waals surface area contributed by atoms with Crippen molar-refractivity contribution in [3.05, 3.63) is 12.7 Å². The molecule has 1 heterocycles. The Balaban J connectivity index is 0.00000169. The van der Waals surface area contributed by atoms with E-state index in [2.05, 4.69) is 4.65 Å². The largest absolute Gasteiger partial charge is 0.542 e. The Bertz CT molecular complexity index is 247. The molecule has 0 spiro atoms. The fourth-order valence-electron chi connectivity index (χ4n) is 1.45. The molecule has 72 valence electrons. The minimum Gasteiger partial charge on any atom is -0.542 e. The maximum absolute atomic E-state index is 11.1. The van der Waals surface area contributed by atoms with Gasteiger partial charge in [-0.3, -0.25) is 11.4 Å². The zero-order chi connectivity index (χ0) is 9.84. The van der Waals surface area contributed by atoms with Gasteiger partial charge in [0.1, 0.15) is 6.04 Å². The quantitative estimate of drug-likeness (QED) is 0.350. The van der Waals surface area contributed by atoms with E-state index in [1.165, 1.54) is 4.90 Å². The summed E-state index contributed by atoms with van der Waals surface area (Å²) in [5.41, 5.74) is 0. The summed E-state index contributed by atoms with van der Waals surface area (Å²) in [6.07, 6.45) is 2.27. The summed E-state index contributed by atoms with van der Waals surface area (Å²) in [4.78, 5) is 23.5. The van der Waals surface area contributed by atoms with Crippen molar-refractivity contribution < 1.29 is 45.4 Å². The molecule has 0 aromatic rings. The number of rotatable bonds is 2. The molecule has 0 N–H and O–H groups in total. The van der Waals surface area contributed by atoms with Crippen LogP contribution in [0.2, 0.25) is 0 Å². The van der Waals surface area contributed by atoms with Gasteiger partial charge in [-0.15, -0.1) is 0 Å². The van der Waals surface area contributed by atoms with Gasteiger partial charge in [0.05, 0.1) is 5.91 Å². The molecule has 0 bridgehead atoms. The van der Waals surface area contributed by atoms with Gasteiger partial charge in [-0.1, -0.05) is 0 Å². The van der Waals surface area contributed by atoms with Gasteiger partial charge in [-0.2, -0.15) is 6.08 Å². The first-order chi connectivity index (χ1) is 6.20. The summed E-state index contributed by atoms with van der Waals surface area (Å²) < 4.78 is 4.07. The summed E-state index contributed by atoms with van der Waals surface area (Å²) in [6.45, 7) is 5.58. The molecule has 0 aromatic heterocycles. The van der Waals surface area contributed by atoms with Crippen molar-refractivity contribution in [2.75, 3.05) is 6.54 Å². The molecule has 0 unspecified atom stereocenters. The van der Waals surface area contributed by atoms with Crippen LogP contribution in [0.3, 0.4) is 0 Å². The molecule has 1 aliphatic rings. The molecule has 1 aliphatic heterocycles. The number of likely N-dealkylation sites (tertiary alicyclic amines) is 1. The summed E-state index contributed by atoms with van der Waals surface area (Å²) >= 11 is 0. The van der Waals surface area contributed by atoms with Crippen LogP contribution in [0.1, 0.15) is 12.8 Å². The second-order valence-electron chi connectivity index (χ2n) is 2.79. The fraction of sp³-hybridized carbons (Fsp3) is 0.500. The molecule has 0 aliphatic carbocycles. The standard InChI is InChI=1S/C8H9BNO3.U/c1-2-7(11)10-5-3-4-6(10)8(12)13-9;/h1-2,6H,3-5H2;/q-1;/t6-;/m0./s1. The second-order valence-corrected chi connectivity index (χ2v) is 2.79. The van der Waals surface area contributed by atoms with Crippen molar-refractivity contribution in [1.29, 1.82) is 0 Å². The third kappa shape index (κ3) is 2.89. The normalized spacial score (nSPS) is 19.7. The molecule has 2 radical (unpaired) electrons. The predicted molar refractivity (Wildman–Crippen MR) is 45.5 cm³/mol. The van der Waals surface area contributed by atoms with Gasteiger partial charge in [0.15, 0.2) is 0 Å². The van der Waals surface area contributed by atoms with Gasteiger partial charge in [0.25, 0.3) is 0 Å². The first-order valence-corrected chi connectivity index (χ1v) is 3.97. The predicted octanol–water partition coefficient (Wildman–Crippen LogP) is -0.407. The number of hydrogen-bond donors (Lipinski definition) is 0. The molecule has 6 heteroatoms. The van der Waals surface area contributed by atoms with E-state index in [9.17, 15) is 9.59 Å². The van der Waals surface area contributed by atoms with Crippen LogP contribution in [0, 0.1) is 37.7 Å². The monoisotopic (exact) mass is 416 g/mol. The van der Waals surface area contributed by atoms with Crippen LogP contribution in [0.5, 0.6) is 0 Å². The van der Waals surface area contributed by atoms with Gasteiger partial charge >= 0.3 is 14.0 Å². The van der Waals surface area contributed by atoms with E-state index in [0.717, 1.165) is 12.5 Å². The van der Waals surface area contributed by atoms with Crippen LogP contribution in [-0.4, -0.2) is 37.4 Å². The Labute approximate surface area is 108 Å². The first kappa shape index (κ1) is 13.8. The molecule has 1 saturated heterocycles. The van der Waals surface area contributed by atoms with Crippen molar-refractivity contribution in [1.82, 2.24) is 4.90 Å². The molecule has 1 atom stereocenters. The third-order valence-corrected chi connectivity index (χ3v) is 2.07. The number of carbonyl (C=O) groups excluding carboxylic acids is 2. The molecular weight excluding hydrogens is 407 g/mol. The smallest absolute Gasteiger partial charge is 0.378 e. The number of amides is 1. The summed E-state index contributed by atoms with van der Waals surface area (Å²) in [7, 11) is 4.73. The van der Waals surface area contributed by atoms with Crippen LogP contribution in [0.15, 0.2) is 6.08 Å². The van der Waals surface area contributed by atoms with Crippen molar-refractivity contribution in [2.45, 2.75) is 18.9 Å². The average Bonchev–Trinajstić information content (AvgIpc) is 2.63. The van der Waals surface area contributed by atoms with E-state index in [0.29, 0.717) is 13.0 Å². The minimum atomic E-state index is -0.590. The minimum absolute atomic E-state index is 0. The Hall–Kier alpha value is -0.203. The molecule has 0 saturated carbocycles. The van der Waals surface area contributed by atoms with Gasteiger partial charge in [-0.25, -0.2) is 0 Å². The Morgan fingerprint density at radius 2 is 2.21 bits per heavy atom. The number of hydrogen-bond acceptors (Lipinski definition) is 3. The molecular formula is C8H9BNO3U-. The zero-order valence-corrected chi connectivity index (χ0v) is 11.8.